The second-order valence-corrected chi connectivity index (χ2v) is 3.74. The summed E-state index contributed by atoms with van der Waals surface area (Å²) >= 11 is 0. The molecular formula is C9H18N2. The maximum atomic E-state index is 3.20. The van der Waals surface area contributed by atoms with Gasteiger partial charge in [-0.05, 0) is 31.8 Å². The summed E-state index contributed by atoms with van der Waals surface area (Å²) in [7, 11) is 0. The van der Waals surface area contributed by atoms with E-state index in [-0.39, 0.29) is 0 Å². The van der Waals surface area contributed by atoms with Crippen molar-refractivity contribution in [2.45, 2.75) is 40.2 Å². The topological polar surface area (TPSA) is 24.1 Å². The van der Waals surface area contributed by atoms with Crippen molar-refractivity contribution >= 4 is 0 Å². The van der Waals surface area contributed by atoms with E-state index in [9.17, 15) is 0 Å². The van der Waals surface area contributed by atoms with Crippen LogP contribution >= 0.6 is 0 Å². The second-order valence-electron chi connectivity index (χ2n) is 3.74. The van der Waals surface area contributed by atoms with Crippen LogP contribution < -0.4 is 10.9 Å². The molecule has 0 radical (unpaired) electrons. The number of hydrogen-bond donors (Lipinski definition) is 2. The summed E-state index contributed by atoms with van der Waals surface area (Å²) in [6.45, 7) is 8.84. The first-order chi connectivity index (χ1) is 5.11. The molecule has 1 unspecified atom stereocenters. The molecule has 0 aromatic carbocycles. The number of hydrazine groups is 1. The van der Waals surface area contributed by atoms with Gasteiger partial charge in [-0.2, -0.15) is 0 Å². The Labute approximate surface area is 69.0 Å². The molecule has 1 rings (SSSR count). The maximum absolute atomic E-state index is 3.20. The van der Waals surface area contributed by atoms with Crippen LogP contribution in [0.3, 0.4) is 0 Å². The molecule has 0 aromatic heterocycles. The van der Waals surface area contributed by atoms with E-state index in [1.807, 2.05) is 0 Å². The molecule has 1 aliphatic rings. The predicted molar refractivity (Wildman–Crippen MR) is 47.9 cm³/mol. The average molecular weight is 154 g/mol. The van der Waals surface area contributed by atoms with Gasteiger partial charge in [-0.15, -0.1) is 0 Å². The molecule has 64 valence electrons. The largest absolute Gasteiger partial charge is 0.325 e. The van der Waals surface area contributed by atoms with E-state index in [0.717, 1.165) is 5.92 Å². The highest BCUT2D eigenvalue weighted by Gasteiger charge is 2.18. The highest BCUT2D eigenvalue weighted by atomic mass is 15.4. The van der Waals surface area contributed by atoms with Crippen molar-refractivity contribution < 1.29 is 0 Å². The van der Waals surface area contributed by atoms with Crippen LogP contribution in [-0.2, 0) is 0 Å². The highest BCUT2D eigenvalue weighted by molar-refractivity contribution is 5.20. The number of nitrogens with one attached hydrogen (secondary N) is 2. The van der Waals surface area contributed by atoms with Gasteiger partial charge in [-0.3, -0.25) is 0 Å². The van der Waals surface area contributed by atoms with Crippen molar-refractivity contribution in [1.82, 2.24) is 10.9 Å². The van der Waals surface area contributed by atoms with Gasteiger partial charge in [0, 0.05) is 11.7 Å². The summed E-state index contributed by atoms with van der Waals surface area (Å²) in [5, 5.41) is 0. The lowest BCUT2D eigenvalue weighted by Crippen LogP contribution is -2.30. The first kappa shape index (κ1) is 8.60. The molecule has 0 aliphatic carbocycles. The minimum absolute atomic E-state index is 0.511. The molecule has 1 heterocycles. The molecule has 0 aromatic rings. The van der Waals surface area contributed by atoms with E-state index >= 15 is 0 Å². The van der Waals surface area contributed by atoms with Gasteiger partial charge in [0.2, 0.25) is 0 Å². The second kappa shape index (κ2) is 3.26. The van der Waals surface area contributed by atoms with Crippen molar-refractivity contribution in [3.05, 3.63) is 11.3 Å². The summed E-state index contributed by atoms with van der Waals surface area (Å²) in [6, 6.07) is 0.511. The van der Waals surface area contributed by atoms with Gasteiger partial charge in [0.1, 0.15) is 0 Å². The van der Waals surface area contributed by atoms with Crippen molar-refractivity contribution in [2.24, 2.45) is 5.92 Å². The maximum Gasteiger partial charge on any atom is 0.0461 e. The van der Waals surface area contributed by atoms with Crippen LogP contribution in [0, 0.1) is 5.92 Å². The number of rotatable bonds is 2. The molecule has 1 aliphatic heterocycles. The van der Waals surface area contributed by atoms with Gasteiger partial charge in [-0.1, -0.05) is 13.8 Å². The van der Waals surface area contributed by atoms with Crippen LogP contribution in [0.25, 0.3) is 0 Å². The zero-order chi connectivity index (χ0) is 8.43. The summed E-state index contributed by atoms with van der Waals surface area (Å²) in [4.78, 5) is 0. The molecule has 0 saturated heterocycles. The number of allylic oxidation sites excluding steroid dienone is 1. The minimum Gasteiger partial charge on any atom is -0.325 e. The Morgan fingerprint density at radius 2 is 2.09 bits per heavy atom. The Morgan fingerprint density at radius 3 is 2.45 bits per heavy atom. The number of hydrogen-bond acceptors (Lipinski definition) is 2. The molecule has 0 bridgehead atoms. The Bertz CT molecular complexity index is 170. The van der Waals surface area contributed by atoms with Gasteiger partial charge in [0.25, 0.3) is 0 Å². The van der Waals surface area contributed by atoms with Gasteiger partial charge < -0.3 is 5.43 Å². The molecule has 1 atom stereocenters. The highest BCUT2D eigenvalue weighted by Crippen LogP contribution is 2.20. The zero-order valence-corrected chi connectivity index (χ0v) is 7.86. The molecule has 0 fully saturated rings. The summed E-state index contributed by atoms with van der Waals surface area (Å²) in [5.74, 6) is 0.754. The molecule has 0 saturated carbocycles. The normalized spacial score (nSPS) is 24.6. The van der Waals surface area contributed by atoms with E-state index in [2.05, 4.69) is 38.5 Å². The Hall–Kier alpha value is -0.500. The molecule has 2 N–H and O–H groups in total. The van der Waals surface area contributed by atoms with Crippen molar-refractivity contribution in [3.8, 4) is 0 Å². The van der Waals surface area contributed by atoms with Crippen LogP contribution in [0.5, 0.6) is 0 Å². The van der Waals surface area contributed by atoms with Crippen LogP contribution in [-0.4, -0.2) is 6.04 Å². The minimum atomic E-state index is 0.511. The SMILES string of the molecule is CC1=C(CC(C)C)C(C)NN1. The average Bonchev–Trinajstić information content (AvgIpc) is 2.18. The van der Waals surface area contributed by atoms with E-state index < -0.39 is 0 Å². The van der Waals surface area contributed by atoms with Gasteiger partial charge >= 0.3 is 0 Å². The molecule has 2 heteroatoms. The van der Waals surface area contributed by atoms with E-state index in [1.165, 1.54) is 17.7 Å². The molecule has 0 amide bonds. The van der Waals surface area contributed by atoms with Crippen molar-refractivity contribution in [2.75, 3.05) is 0 Å². The van der Waals surface area contributed by atoms with Crippen LogP contribution in [0.2, 0.25) is 0 Å². The van der Waals surface area contributed by atoms with Crippen molar-refractivity contribution in [3.63, 3.8) is 0 Å². The standard InChI is InChI=1S/C9H18N2/c1-6(2)5-9-7(3)10-11-8(9)4/h6-7,10-11H,5H2,1-4H3. The van der Waals surface area contributed by atoms with Crippen molar-refractivity contribution in [1.29, 1.82) is 0 Å². The molecule has 0 spiro atoms. The van der Waals surface area contributed by atoms with E-state index in [4.69, 9.17) is 0 Å². The Kier molecular flexibility index (Phi) is 2.55. The van der Waals surface area contributed by atoms with Gasteiger partial charge in [0.15, 0.2) is 0 Å². The third-order valence-electron chi connectivity index (χ3n) is 2.11. The van der Waals surface area contributed by atoms with E-state index in [0.29, 0.717) is 6.04 Å². The van der Waals surface area contributed by atoms with Crippen LogP contribution in [0.15, 0.2) is 11.3 Å². The van der Waals surface area contributed by atoms with E-state index in [1.54, 1.807) is 0 Å². The monoisotopic (exact) mass is 154 g/mol. The van der Waals surface area contributed by atoms with Crippen LogP contribution in [0.4, 0.5) is 0 Å². The summed E-state index contributed by atoms with van der Waals surface area (Å²) in [6.07, 6.45) is 1.20. The predicted octanol–water partition coefficient (Wildman–Crippen LogP) is 1.80. The molecule has 11 heavy (non-hydrogen) atoms. The first-order valence-corrected chi connectivity index (χ1v) is 4.32. The van der Waals surface area contributed by atoms with Crippen LogP contribution in [0.1, 0.15) is 34.1 Å². The van der Waals surface area contributed by atoms with Gasteiger partial charge in [-0.25, -0.2) is 5.43 Å². The Balaban J connectivity index is 2.60. The summed E-state index contributed by atoms with van der Waals surface area (Å²) < 4.78 is 0. The first-order valence-electron chi connectivity index (χ1n) is 4.32. The fourth-order valence-electron chi connectivity index (χ4n) is 1.48. The zero-order valence-electron chi connectivity index (χ0n) is 7.86. The molecular weight excluding hydrogens is 136 g/mol. The lowest BCUT2D eigenvalue weighted by Gasteiger charge is -2.10. The quantitative estimate of drug-likeness (QED) is 0.633. The molecule has 2 nitrogen and oxygen atoms in total. The fourth-order valence-corrected chi connectivity index (χ4v) is 1.48. The third kappa shape index (κ3) is 1.96. The van der Waals surface area contributed by atoms with Gasteiger partial charge in [0.05, 0.1) is 0 Å². The third-order valence-corrected chi connectivity index (χ3v) is 2.11. The Morgan fingerprint density at radius 1 is 1.45 bits per heavy atom. The smallest absolute Gasteiger partial charge is 0.0461 e. The lowest BCUT2D eigenvalue weighted by atomic mass is 9.98. The lowest BCUT2D eigenvalue weighted by molar-refractivity contribution is 0.562. The summed E-state index contributed by atoms with van der Waals surface area (Å²) in [5.41, 5.74) is 9.19. The fraction of sp³-hybridized carbons (Fsp3) is 0.778.